The summed E-state index contributed by atoms with van der Waals surface area (Å²) in [6.45, 7) is 1.31. The van der Waals surface area contributed by atoms with Gasteiger partial charge in [0.2, 0.25) is 5.91 Å². The van der Waals surface area contributed by atoms with Crippen LogP contribution in [0.1, 0.15) is 23.7 Å². The number of phenols is 1. The Bertz CT molecular complexity index is 904. The predicted octanol–water partition coefficient (Wildman–Crippen LogP) is 0.296. The van der Waals surface area contributed by atoms with Crippen molar-refractivity contribution in [1.82, 2.24) is 10.6 Å². The van der Waals surface area contributed by atoms with Gasteiger partial charge < -0.3 is 24.9 Å². The summed E-state index contributed by atoms with van der Waals surface area (Å²) < 4.78 is 9.47. The number of hydrogen-bond donors (Lipinski definition) is 3. The first-order valence-electron chi connectivity index (χ1n) is 7.78. The molecular formula is C17H18N2O7. The Balaban J connectivity index is 2.05. The van der Waals surface area contributed by atoms with Crippen LogP contribution >= 0.6 is 0 Å². The third-order valence-electron chi connectivity index (χ3n) is 3.62. The summed E-state index contributed by atoms with van der Waals surface area (Å²) in [5.41, 5.74) is -0.533. The van der Waals surface area contributed by atoms with Gasteiger partial charge in [0, 0.05) is 17.5 Å². The molecule has 26 heavy (non-hydrogen) atoms. The number of esters is 1. The molecule has 9 heteroatoms. The van der Waals surface area contributed by atoms with E-state index in [1.165, 1.54) is 25.3 Å². The first-order chi connectivity index (χ1) is 12.3. The number of amides is 2. The maximum absolute atomic E-state index is 12.2. The molecule has 0 spiro atoms. The molecule has 0 aliphatic heterocycles. The Hall–Kier alpha value is -3.36. The molecular weight excluding hydrogens is 344 g/mol. The van der Waals surface area contributed by atoms with Crippen LogP contribution in [-0.4, -0.2) is 42.6 Å². The molecule has 2 amide bonds. The van der Waals surface area contributed by atoms with E-state index in [1.807, 2.05) is 0 Å². The molecule has 2 aromatic rings. The van der Waals surface area contributed by atoms with Crippen LogP contribution in [0.2, 0.25) is 0 Å². The van der Waals surface area contributed by atoms with Crippen LogP contribution in [0.15, 0.2) is 33.5 Å². The minimum absolute atomic E-state index is 0.0841. The topological polar surface area (TPSA) is 135 Å². The lowest BCUT2D eigenvalue weighted by Gasteiger charge is -2.14. The number of rotatable bonds is 6. The average Bonchev–Trinajstić information content (AvgIpc) is 2.62. The summed E-state index contributed by atoms with van der Waals surface area (Å²) in [4.78, 5) is 46.7. The zero-order valence-corrected chi connectivity index (χ0v) is 14.2. The molecule has 0 fully saturated rings. The van der Waals surface area contributed by atoms with Gasteiger partial charge in [-0.1, -0.05) is 6.92 Å². The van der Waals surface area contributed by atoms with E-state index in [9.17, 15) is 24.3 Å². The van der Waals surface area contributed by atoms with E-state index in [0.717, 1.165) is 6.07 Å². The molecule has 0 aliphatic carbocycles. The lowest BCUT2D eigenvalue weighted by molar-refractivity contribution is -0.145. The van der Waals surface area contributed by atoms with E-state index in [4.69, 9.17) is 4.42 Å². The zero-order chi connectivity index (χ0) is 19.3. The van der Waals surface area contributed by atoms with Gasteiger partial charge in [0.25, 0.3) is 5.91 Å². The van der Waals surface area contributed by atoms with E-state index >= 15 is 0 Å². The number of benzene rings is 1. The van der Waals surface area contributed by atoms with Gasteiger partial charge in [-0.25, -0.2) is 9.59 Å². The fraction of sp³-hybridized carbons (Fsp3) is 0.294. The maximum atomic E-state index is 12.2. The average molecular weight is 362 g/mol. The Morgan fingerprint density at radius 1 is 1.27 bits per heavy atom. The highest BCUT2D eigenvalue weighted by molar-refractivity contribution is 6.02. The molecule has 0 saturated carbocycles. The molecule has 2 rings (SSSR count). The molecule has 0 saturated heterocycles. The van der Waals surface area contributed by atoms with Crippen molar-refractivity contribution >= 4 is 28.8 Å². The Labute approximate surface area is 147 Å². The van der Waals surface area contributed by atoms with Crippen LogP contribution in [0.25, 0.3) is 11.0 Å². The third-order valence-corrected chi connectivity index (χ3v) is 3.62. The highest BCUT2D eigenvalue weighted by Crippen LogP contribution is 2.23. The summed E-state index contributed by atoms with van der Waals surface area (Å²) in [6, 6.07) is 4.32. The van der Waals surface area contributed by atoms with Crippen molar-refractivity contribution in [2.45, 2.75) is 19.4 Å². The smallest absolute Gasteiger partial charge is 0.336 e. The highest BCUT2D eigenvalue weighted by atomic mass is 16.5. The van der Waals surface area contributed by atoms with Crippen molar-refractivity contribution in [2.24, 2.45) is 0 Å². The molecule has 1 heterocycles. The van der Waals surface area contributed by atoms with Gasteiger partial charge in [0.05, 0.1) is 19.2 Å². The molecule has 0 aliphatic rings. The molecule has 138 valence electrons. The van der Waals surface area contributed by atoms with Crippen molar-refractivity contribution in [3.63, 3.8) is 0 Å². The fourth-order valence-electron chi connectivity index (χ4n) is 2.26. The van der Waals surface area contributed by atoms with Crippen molar-refractivity contribution in [3.05, 3.63) is 40.2 Å². The van der Waals surface area contributed by atoms with Crippen molar-refractivity contribution in [1.29, 1.82) is 0 Å². The Kier molecular flexibility index (Phi) is 5.94. The number of carbonyl (C=O) groups is 3. The maximum Gasteiger partial charge on any atom is 0.336 e. The number of methoxy groups -OCH3 is 1. The van der Waals surface area contributed by atoms with E-state index in [0.29, 0.717) is 11.8 Å². The van der Waals surface area contributed by atoms with E-state index in [1.54, 1.807) is 6.92 Å². The van der Waals surface area contributed by atoms with E-state index in [2.05, 4.69) is 15.4 Å². The van der Waals surface area contributed by atoms with Crippen LogP contribution in [0.4, 0.5) is 0 Å². The zero-order valence-electron chi connectivity index (χ0n) is 14.2. The van der Waals surface area contributed by atoms with Gasteiger partial charge in [-0.3, -0.25) is 9.59 Å². The van der Waals surface area contributed by atoms with Crippen LogP contribution in [0, 0.1) is 0 Å². The van der Waals surface area contributed by atoms with Crippen molar-refractivity contribution < 1.29 is 28.6 Å². The van der Waals surface area contributed by atoms with Crippen LogP contribution < -0.4 is 16.3 Å². The van der Waals surface area contributed by atoms with Crippen LogP contribution in [0.5, 0.6) is 5.75 Å². The van der Waals surface area contributed by atoms with E-state index in [-0.39, 0.29) is 11.1 Å². The third kappa shape index (κ3) is 4.38. The number of nitrogens with one attached hydrogen (secondary N) is 2. The van der Waals surface area contributed by atoms with Crippen LogP contribution in [-0.2, 0) is 14.3 Å². The first-order valence-corrected chi connectivity index (χ1v) is 7.78. The van der Waals surface area contributed by atoms with Gasteiger partial charge in [-0.15, -0.1) is 0 Å². The molecule has 1 aromatic carbocycles. The molecule has 3 N–H and O–H groups in total. The first kappa shape index (κ1) is 19.0. The number of ether oxygens (including phenoxy) is 1. The van der Waals surface area contributed by atoms with Crippen molar-refractivity contribution in [2.75, 3.05) is 13.7 Å². The van der Waals surface area contributed by atoms with Gasteiger partial charge in [-0.05, 0) is 18.6 Å². The van der Waals surface area contributed by atoms with Crippen LogP contribution in [0.3, 0.4) is 0 Å². The molecule has 0 bridgehead atoms. The minimum Gasteiger partial charge on any atom is -0.507 e. The second-order valence-electron chi connectivity index (χ2n) is 5.40. The van der Waals surface area contributed by atoms with Crippen molar-refractivity contribution in [3.8, 4) is 5.75 Å². The fourth-order valence-corrected chi connectivity index (χ4v) is 2.26. The molecule has 9 nitrogen and oxygen atoms in total. The summed E-state index contributed by atoms with van der Waals surface area (Å²) >= 11 is 0. The molecule has 1 atom stereocenters. The number of aromatic hydroxyl groups is 1. The number of phenolic OH excluding ortho intramolecular Hbond substituents is 1. The number of hydrogen-bond acceptors (Lipinski definition) is 7. The summed E-state index contributed by atoms with van der Waals surface area (Å²) in [7, 11) is 1.21. The molecule has 0 radical (unpaired) electrons. The largest absolute Gasteiger partial charge is 0.507 e. The van der Waals surface area contributed by atoms with Gasteiger partial charge in [-0.2, -0.15) is 0 Å². The number of carbonyl (C=O) groups excluding carboxylic acids is 3. The number of fused-ring (bicyclic) bond motifs is 1. The van der Waals surface area contributed by atoms with Gasteiger partial charge in [0.15, 0.2) is 0 Å². The molecule has 1 unspecified atom stereocenters. The normalized spacial score (nSPS) is 11.6. The minimum atomic E-state index is -0.804. The highest BCUT2D eigenvalue weighted by Gasteiger charge is 2.20. The monoisotopic (exact) mass is 362 g/mol. The Morgan fingerprint density at radius 3 is 2.65 bits per heavy atom. The molecule has 1 aromatic heterocycles. The Morgan fingerprint density at radius 2 is 2.00 bits per heavy atom. The quantitative estimate of drug-likeness (QED) is 0.497. The summed E-state index contributed by atoms with van der Waals surface area (Å²) in [5, 5.41) is 15.2. The van der Waals surface area contributed by atoms with E-state index < -0.39 is 41.7 Å². The summed E-state index contributed by atoms with van der Waals surface area (Å²) in [5.74, 6) is -2.26. The summed E-state index contributed by atoms with van der Waals surface area (Å²) in [6.07, 6.45) is 0.336. The SMILES string of the molecule is CCC(NC(=O)CNC(=O)c1cc2ccc(=O)oc2cc1O)C(=O)OC. The van der Waals surface area contributed by atoms with Gasteiger partial charge >= 0.3 is 11.6 Å². The lowest BCUT2D eigenvalue weighted by Crippen LogP contribution is -2.45. The van der Waals surface area contributed by atoms with Gasteiger partial charge in [0.1, 0.15) is 17.4 Å². The predicted molar refractivity (Wildman–Crippen MR) is 90.7 cm³/mol. The lowest BCUT2D eigenvalue weighted by atomic mass is 10.1. The second-order valence-corrected chi connectivity index (χ2v) is 5.40. The second kappa shape index (κ2) is 8.15. The standard InChI is InChI=1S/C17H18N2O7/c1-3-11(17(24)25-2)19-14(21)8-18-16(23)10-6-9-4-5-15(22)26-13(9)7-12(10)20/h4-7,11,20H,3,8H2,1-2H3,(H,18,23)(H,19,21).